The van der Waals surface area contributed by atoms with Gasteiger partial charge in [0.2, 0.25) is 5.82 Å². The molecule has 0 N–H and O–H groups in total. The Hall–Kier alpha value is -3.14. The third-order valence-corrected chi connectivity index (χ3v) is 5.98. The van der Waals surface area contributed by atoms with Crippen molar-refractivity contribution in [2.45, 2.75) is 38.1 Å². The number of carbonyl (C=O) groups is 1. The van der Waals surface area contributed by atoms with Crippen LogP contribution in [0.2, 0.25) is 0 Å². The van der Waals surface area contributed by atoms with Gasteiger partial charge >= 0.3 is 6.18 Å². The zero-order valence-electron chi connectivity index (χ0n) is 17.3. The van der Waals surface area contributed by atoms with E-state index in [4.69, 9.17) is 4.42 Å². The van der Waals surface area contributed by atoms with E-state index in [1.165, 1.54) is 4.90 Å². The van der Waals surface area contributed by atoms with E-state index in [-0.39, 0.29) is 30.6 Å². The van der Waals surface area contributed by atoms with Crippen molar-refractivity contribution in [2.24, 2.45) is 0 Å². The van der Waals surface area contributed by atoms with Gasteiger partial charge in [0.25, 0.3) is 5.91 Å². The Balaban J connectivity index is 1.47. The number of amides is 1. The molecule has 0 saturated carbocycles. The van der Waals surface area contributed by atoms with Crippen LogP contribution in [0, 0.1) is 0 Å². The van der Waals surface area contributed by atoms with Gasteiger partial charge in [0, 0.05) is 13.1 Å². The third kappa shape index (κ3) is 3.79. The maximum absolute atomic E-state index is 13.4. The van der Waals surface area contributed by atoms with Gasteiger partial charge in [-0.25, -0.2) is 0 Å². The van der Waals surface area contributed by atoms with Crippen LogP contribution in [0.4, 0.5) is 13.2 Å². The fourth-order valence-electron chi connectivity index (χ4n) is 4.49. The monoisotopic (exact) mass is 445 g/mol. The average Bonchev–Trinajstić information content (AvgIpc) is 3.54. The summed E-state index contributed by atoms with van der Waals surface area (Å²) in [6.07, 6.45) is -2.32. The Labute approximate surface area is 182 Å². The summed E-state index contributed by atoms with van der Waals surface area (Å²) >= 11 is 0. The second-order valence-corrected chi connectivity index (χ2v) is 8.09. The number of hydrogen-bond acceptors (Lipinski definition) is 5. The minimum absolute atomic E-state index is 0.0480. The van der Waals surface area contributed by atoms with E-state index in [0.29, 0.717) is 17.9 Å². The molecule has 0 bridgehead atoms. The highest BCUT2D eigenvalue weighted by Gasteiger charge is 2.43. The number of likely N-dealkylation sites (tertiary alicyclic amines) is 1. The Kier molecular flexibility index (Phi) is 5.24. The number of rotatable bonds is 4. The highest BCUT2D eigenvalue weighted by atomic mass is 19.4. The molecular formula is C22H22F3N5O2. The number of carbonyl (C=O) groups excluding carboxylic acids is 1. The molecular weight excluding hydrogens is 423 g/mol. The molecule has 5 rings (SSSR count). The van der Waals surface area contributed by atoms with Crippen LogP contribution in [0.3, 0.4) is 0 Å². The van der Waals surface area contributed by atoms with E-state index in [0.717, 1.165) is 30.5 Å². The molecule has 1 amide bonds. The van der Waals surface area contributed by atoms with Crippen molar-refractivity contribution in [1.29, 1.82) is 0 Å². The molecule has 7 nitrogen and oxygen atoms in total. The van der Waals surface area contributed by atoms with Gasteiger partial charge in [-0.2, -0.15) is 13.2 Å². The molecule has 0 radical (unpaired) electrons. The van der Waals surface area contributed by atoms with Crippen LogP contribution in [0.1, 0.15) is 52.4 Å². The first-order valence-corrected chi connectivity index (χ1v) is 10.6. The van der Waals surface area contributed by atoms with Crippen molar-refractivity contribution in [3.05, 3.63) is 71.2 Å². The van der Waals surface area contributed by atoms with Crippen LogP contribution < -0.4 is 0 Å². The van der Waals surface area contributed by atoms with Gasteiger partial charge in [0.05, 0.1) is 6.54 Å². The van der Waals surface area contributed by atoms with Crippen LogP contribution in [0.25, 0.3) is 0 Å². The van der Waals surface area contributed by atoms with Crippen molar-refractivity contribution >= 4 is 5.91 Å². The third-order valence-electron chi connectivity index (χ3n) is 5.98. The minimum Gasteiger partial charge on any atom is -0.455 e. The van der Waals surface area contributed by atoms with Gasteiger partial charge in [-0.3, -0.25) is 9.69 Å². The molecule has 2 aromatic heterocycles. The second-order valence-electron chi connectivity index (χ2n) is 8.09. The zero-order chi connectivity index (χ0) is 22.3. The first-order valence-electron chi connectivity index (χ1n) is 10.6. The molecule has 1 aromatic carbocycles. The lowest BCUT2D eigenvalue weighted by atomic mass is 10.0. The molecule has 4 heterocycles. The molecule has 168 valence electrons. The van der Waals surface area contributed by atoms with E-state index in [9.17, 15) is 18.0 Å². The lowest BCUT2D eigenvalue weighted by Crippen LogP contribution is -2.43. The summed E-state index contributed by atoms with van der Waals surface area (Å²) < 4.78 is 47.1. The van der Waals surface area contributed by atoms with Crippen molar-refractivity contribution in [2.75, 3.05) is 19.6 Å². The number of alkyl halides is 3. The van der Waals surface area contributed by atoms with E-state index < -0.39 is 18.0 Å². The summed E-state index contributed by atoms with van der Waals surface area (Å²) in [4.78, 5) is 17.2. The molecule has 2 aliphatic heterocycles. The number of furan rings is 1. The highest BCUT2D eigenvalue weighted by molar-refractivity contribution is 5.92. The number of aromatic nitrogens is 3. The Morgan fingerprint density at radius 1 is 1.00 bits per heavy atom. The Bertz CT molecular complexity index is 1100. The summed E-state index contributed by atoms with van der Waals surface area (Å²) in [7, 11) is 0. The van der Waals surface area contributed by atoms with Crippen LogP contribution >= 0.6 is 0 Å². The number of benzene rings is 1. The molecule has 1 atom stereocenters. The fraction of sp³-hybridized carbons (Fsp3) is 0.409. The molecule has 2 aliphatic rings. The van der Waals surface area contributed by atoms with Crippen molar-refractivity contribution < 1.29 is 22.4 Å². The molecule has 1 unspecified atom stereocenters. The van der Waals surface area contributed by atoms with E-state index in [2.05, 4.69) is 15.1 Å². The molecule has 1 fully saturated rings. The van der Waals surface area contributed by atoms with Crippen molar-refractivity contribution in [3.63, 3.8) is 0 Å². The van der Waals surface area contributed by atoms with Crippen molar-refractivity contribution in [1.82, 2.24) is 24.6 Å². The summed E-state index contributed by atoms with van der Waals surface area (Å²) in [6.45, 7) is 2.67. The van der Waals surface area contributed by atoms with Gasteiger partial charge in [0.15, 0.2) is 11.6 Å². The molecule has 0 aliphatic carbocycles. The van der Waals surface area contributed by atoms with Crippen LogP contribution in [0.15, 0.2) is 46.9 Å². The summed E-state index contributed by atoms with van der Waals surface area (Å²) in [5, 5.41) is 7.24. The van der Waals surface area contributed by atoms with Gasteiger partial charge < -0.3 is 13.9 Å². The highest BCUT2D eigenvalue weighted by Crippen LogP contribution is 2.36. The lowest BCUT2D eigenvalue weighted by Gasteiger charge is -2.35. The largest absolute Gasteiger partial charge is 0.455 e. The van der Waals surface area contributed by atoms with Crippen LogP contribution in [-0.4, -0.2) is 50.1 Å². The number of fused-ring (bicyclic) bond motifs is 1. The smallest absolute Gasteiger partial charge is 0.451 e. The van der Waals surface area contributed by atoms with Crippen LogP contribution in [-0.2, 0) is 19.3 Å². The standard InChI is InChI=1S/C22H22F3N5O2/c23-22(24,25)21-27-26-19-18(15-6-2-1-3-7-15)29(12-13-30(19)21)20(31)17-9-8-16(32-17)14-28-10-4-5-11-28/h1-3,6-9,18H,4-5,10-14H2. The first kappa shape index (κ1) is 20.7. The summed E-state index contributed by atoms with van der Waals surface area (Å²) in [6, 6.07) is 11.5. The average molecular weight is 445 g/mol. The minimum atomic E-state index is -4.62. The second kappa shape index (κ2) is 8.09. The summed E-state index contributed by atoms with van der Waals surface area (Å²) in [5.41, 5.74) is 0.659. The molecule has 32 heavy (non-hydrogen) atoms. The molecule has 0 spiro atoms. The predicted octanol–water partition coefficient (Wildman–Crippen LogP) is 3.73. The molecule has 1 saturated heterocycles. The maximum atomic E-state index is 13.4. The zero-order valence-corrected chi connectivity index (χ0v) is 17.3. The van der Waals surface area contributed by atoms with Gasteiger partial charge in [-0.05, 0) is 43.6 Å². The van der Waals surface area contributed by atoms with Gasteiger partial charge in [0.1, 0.15) is 11.8 Å². The predicted molar refractivity (Wildman–Crippen MR) is 108 cm³/mol. The first-order chi connectivity index (χ1) is 15.4. The quantitative estimate of drug-likeness (QED) is 0.612. The normalized spacial score (nSPS) is 19.3. The van der Waals surface area contributed by atoms with E-state index >= 15 is 0 Å². The van der Waals surface area contributed by atoms with E-state index in [1.807, 2.05) is 6.07 Å². The Morgan fingerprint density at radius 3 is 2.47 bits per heavy atom. The lowest BCUT2D eigenvalue weighted by molar-refractivity contribution is -0.148. The molecule has 10 heteroatoms. The van der Waals surface area contributed by atoms with Gasteiger partial charge in [-0.15, -0.1) is 10.2 Å². The SMILES string of the molecule is O=C(c1ccc(CN2CCCC2)o1)N1CCn2c(nnc2C(F)(F)F)C1c1ccccc1. The summed E-state index contributed by atoms with van der Waals surface area (Å²) in [5.74, 6) is -0.470. The topological polar surface area (TPSA) is 67.4 Å². The van der Waals surface area contributed by atoms with E-state index in [1.54, 1.807) is 36.4 Å². The van der Waals surface area contributed by atoms with Crippen molar-refractivity contribution in [3.8, 4) is 0 Å². The molecule has 3 aromatic rings. The Morgan fingerprint density at radius 2 is 1.75 bits per heavy atom. The van der Waals surface area contributed by atoms with Gasteiger partial charge in [-0.1, -0.05) is 30.3 Å². The fourth-order valence-corrected chi connectivity index (χ4v) is 4.49. The van der Waals surface area contributed by atoms with Crippen LogP contribution in [0.5, 0.6) is 0 Å². The number of nitrogens with zero attached hydrogens (tertiary/aromatic N) is 5. The number of hydrogen-bond donors (Lipinski definition) is 0. The number of halogens is 3. The maximum Gasteiger partial charge on any atom is 0.451 e.